The summed E-state index contributed by atoms with van der Waals surface area (Å²) in [4.78, 5) is 34.5. The molecule has 10 heteroatoms. The number of carbonyl (C=O) groups excluding carboxylic acids is 1. The summed E-state index contributed by atoms with van der Waals surface area (Å²) in [6.07, 6.45) is 1.92. The summed E-state index contributed by atoms with van der Waals surface area (Å²) in [7, 11) is 0. The molecule has 0 spiro atoms. The van der Waals surface area contributed by atoms with E-state index in [1.807, 2.05) is 4.90 Å². The van der Waals surface area contributed by atoms with Crippen LogP contribution in [0.3, 0.4) is 0 Å². The molecule has 2 aromatic heterocycles. The van der Waals surface area contributed by atoms with Crippen molar-refractivity contribution in [3.8, 4) is 0 Å². The topological polar surface area (TPSA) is 127 Å². The van der Waals surface area contributed by atoms with Crippen LogP contribution < -0.4 is 16.0 Å². The van der Waals surface area contributed by atoms with E-state index in [0.29, 0.717) is 41.7 Å². The molecular weight excluding hydrogens is 380 g/mol. The van der Waals surface area contributed by atoms with Crippen LogP contribution in [-0.4, -0.2) is 27.3 Å². The van der Waals surface area contributed by atoms with Crippen LogP contribution in [0.4, 0.5) is 22.9 Å². The van der Waals surface area contributed by atoms with E-state index < -0.39 is 4.92 Å². The largest absolute Gasteiger partial charge is 0.397 e. The molecule has 0 unspecified atom stereocenters. The highest BCUT2D eigenvalue weighted by molar-refractivity contribution is 7.13. The second kappa shape index (κ2) is 7.24. The molecule has 3 N–H and O–H groups in total. The number of nitrogens with zero attached hydrogens (tertiary/aromatic N) is 4. The Kier molecular flexibility index (Phi) is 4.62. The molecule has 28 heavy (non-hydrogen) atoms. The van der Waals surface area contributed by atoms with E-state index in [1.165, 1.54) is 23.6 Å². The molecule has 0 aliphatic carbocycles. The summed E-state index contributed by atoms with van der Waals surface area (Å²) < 4.78 is 0. The van der Waals surface area contributed by atoms with Gasteiger partial charge in [0.2, 0.25) is 0 Å². The molecule has 142 valence electrons. The molecule has 0 fully saturated rings. The second-order valence-corrected chi connectivity index (χ2v) is 7.32. The zero-order valence-corrected chi connectivity index (χ0v) is 15.5. The molecule has 0 atom stereocenters. The average molecular weight is 396 g/mol. The van der Waals surface area contributed by atoms with Crippen LogP contribution >= 0.6 is 11.3 Å². The fraction of sp³-hybridized carbons (Fsp3) is 0.167. The number of thiazole rings is 1. The van der Waals surface area contributed by atoms with Crippen molar-refractivity contribution in [2.45, 2.75) is 13.0 Å². The molecule has 9 nitrogen and oxygen atoms in total. The third-order valence-electron chi connectivity index (χ3n) is 4.40. The standard InChI is InChI=1S/C18H16N6O3S/c19-12-3-1-2-4-13(12)21-17(25)18-22-14-7-8-23(10-15(14)28-18)16-6-5-11(9-20-16)24(26)27/h1-6,9H,7-8,10,19H2,(H,21,25). The lowest BCUT2D eigenvalue weighted by Crippen LogP contribution is -2.30. The van der Waals surface area contributed by atoms with Crippen molar-refractivity contribution in [1.82, 2.24) is 9.97 Å². The minimum absolute atomic E-state index is 0.0432. The molecule has 1 amide bonds. The molecule has 0 saturated carbocycles. The lowest BCUT2D eigenvalue weighted by molar-refractivity contribution is -0.385. The number of fused-ring (bicyclic) bond motifs is 1. The van der Waals surface area contributed by atoms with Crippen molar-refractivity contribution in [2.24, 2.45) is 0 Å². The summed E-state index contributed by atoms with van der Waals surface area (Å²) in [6.45, 7) is 1.23. The number of hydrogen-bond donors (Lipinski definition) is 2. The average Bonchev–Trinajstić information content (AvgIpc) is 3.13. The van der Waals surface area contributed by atoms with Crippen LogP contribution in [0.5, 0.6) is 0 Å². The van der Waals surface area contributed by atoms with Gasteiger partial charge >= 0.3 is 0 Å². The fourth-order valence-corrected chi connectivity index (χ4v) is 3.97. The number of hydrogen-bond acceptors (Lipinski definition) is 8. The quantitative estimate of drug-likeness (QED) is 0.394. The molecule has 3 heterocycles. The minimum atomic E-state index is -0.474. The molecule has 3 aromatic rings. The van der Waals surface area contributed by atoms with Crippen LogP contribution in [0, 0.1) is 10.1 Å². The maximum atomic E-state index is 12.5. The van der Waals surface area contributed by atoms with Crippen LogP contribution in [0.15, 0.2) is 42.6 Å². The molecule has 1 aliphatic rings. The van der Waals surface area contributed by atoms with E-state index in [0.717, 1.165) is 10.6 Å². The number of nitro groups is 1. The maximum Gasteiger partial charge on any atom is 0.287 e. The van der Waals surface area contributed by atoms with E-state index >= 15 is 0 Å². The van der Waals surface area contributed by atoms with Gasteiger partial charge in [0.15, 0.2) is 5.01 Å². The molecule has 4 rings (SSSR count). The van der Waals surface area contributed by atoms with E-state index in [1.54, 1.807) is 30.3 Å². The summed E-state index contributed by atoms with van der Waals surface area (Å²) in [6, 6.07) is 10.1. The summed E-state index contributed by atoms with van der Waals surface area (Å²) in [5, 5.41) is 13.9. The number of nitrogens with two attached hydrogens (primary N) is 1. The third-order valence-corrected chi connectivity index (χ3v) is 5.48. The van der Waals surface area contributed by atoms with E-state index in [9.17, 15) is 14.9 Å². The lowest BCUT2D eigenvalue weighted by Gasteiger charge is -2.26. The Morgan fingerprint density at radius 3 is 2.82 bits per heavy atom. The fourth-order valence-electron chi connectivity index (χ4n) is 2.95. The Hall–Kier alpha value is -3.53. The molecule has 1 aromatic carbocycles. The molecule has 0 bridgehead atoms. The van der Waals surface area contributed by atoms with Crippen molar-refractivity contribution in [1.29, 1.82) is 0 Å². The highest BCUT2D eigenvalue weighted by Crippen LogP contribution is 2.29. The van der Waals surface area contributed by atoms with Gasteiger partial charge < -0.3 is 16.0 Å². The SMILES string of the molecule is Nc1ccccc1NC(=O)c1nc2c(s1)CN(c1ccc([N+](=O)[O-])cn1)CC2. The predicted molar refractivity (Wildman–Crippen MR) is 107 cm³/mol. The van der Waals surface area contributed by atoms with Crippen molar-refractivity contribution in [2.75, 3.05) is 22.5 Å². The number of nitrogens with one attached hydrogen (secondary N) is 1. The number of rotatable bonds is 4. The molecule has 0 radical (unpaired) electrons. The first-order chi connectivity index (χ1) is 13.5. The van der Waals surface area contributed by atoms with Crippen molar-refractivity contribution >= 4 is 40.1 Å². The number of aromatic nitrogens is 2. The highest BCUT2D eigenvalue weighted by atomic mass is 32.1. The second-order valence-electron chi connectivity index (χ2n) is 6.23. The molecular formula is C18H16N6O3S. The van der Waals surface area contributed by atoms with Gasteiger partial charge in [0, 0.05) is 23.9 Å². The van der Waals surface area contributed by atoms with Gasteiger partial charge in [0.1, 0.15) is 12.0 Å². The lowest BCUT2D eigenvalue weighted by atomic mass is 10.2. The Labute approximate surface area is 164 Å². The van der Waals surface area contributed by atoms with Crippen LogP contribution in [-0.2, 0) is 13.0 Å². The van der Waals surface area contributed by atoms with Crippen molar-refractivity contribution < 1.29 is 9.72 Å². The van der Waals surface area contributed by atoms with E-state index in [-0.39, 0.29) is 11.6 Å². The zero-order valence-electron chi connectivity index (χ0n) is 14.7. The number of pyridine rings is 1. The minimum Gasteiger partial charge on any atom is -0.397 e. The van der Waals surface area contributed by atoms with Crippen molar-refractivity contribution in [3.63, 3.8) is 0 Å². The van der Waals surface area contributed by atoms with Crippen LogP contribution in [0.2, 0.25) is 0 Å². The summed E-state index contributed by atoms with van der Waals surface area (Å²) in [5.41, 5.74) is 7.77. The number of amides is 1. The Morgan fingerprint density at radius 1 is 1.29 bits per heavy atom. The first-order valence-corrected chi connectivity index (χ1v) is 9.33. The van der Waals surface area contributed by atoms with E-state index in [2.05, 4.69) is 15.3 Å². The Morgan fingerprint density at radius 2 is 2.11 bits per heavy atom. The number of para-hydroxylation sites is 2. The zero-order chi connectivity index (χ0) is 19.7. The van der Waals surface area contributed by atoms with Gasteiger partial charge in [-0.05, 0) is 18.2 Å². The number of carbonyl (C=O) groups is 1. The highest BCUT2D eigenvalue weighted by Gasteiger charge is 2.24. The van der Waals surface area contributed by atoms with Gasteiger partial charge in [0.05, 0.1) is 28.5 Å². The summed E-state index contributed by atoms with van der Waals surface area (Å²) >= 11 is 1.33. The molecule has 1 aliphatic heterocycles. The van der Waals surface area contributed by atoms with Gasteiger partial charge in [-0.1, -0.05) is 12.1 Å². The first kappa shape index (κ1) is 17.9. The monoisotopic (exact) mass is 396 g/mol. The predicted octanol–water partition coefficient (Wildman–Crippen LogP) is 2.84. The number of benzene rings is 1. The normalized spacial score (nSPS) is 13.1. The van der Waals surface area contributed by atoms with Crippen molar-refractivity contribution in [3.05, 3.63) is 68.3 Å². The van der Waals surface area contributed by atoms with Gasteiger partial charge in [0.25, 0.3) is 11.6 Å². The number of nitrogen functional groups attached to an aromatic ring is 1. The Balaban J connectivity index is 1.49. The van der Waals surface area contributed by atoms with Gasteiger partial charge in [-0.15, -0.1) is 11.3 Å². The Bertz CT molecular complexity index is 1050. The summed E-state index contributed by atoms with van der Waals surface area (Å²) in [5.74, 6) is 0.366. The number of anilines is 3. The van der Waals surface area contributed by atoms with Crippen LogP contribution in [0.25, 0.3) is 0 Å². The van der Waals surface area contributed by atoms with Gasteiger partial charge in [-0.2, -0.15) is 0 Å². The maximum absolute atomic E-state index is 12.5. The first-order valence-electron chi connectivity index (χ1n) is 8.51. The third kappa shape index (κ3) is 3.49. The van der Waals surface area contributed by atoms with E-state index in [4.69, 9.17) is 5.73 Å². The van der Waals surface area contributed by atoms with Gasteiger partial charge in [-0.25, -0.2) is 9.97 Å². The van der Waals surface area contributed by atoms with Crippen LogP contribution in [0.1, 0.15) is 20.4 Å². The van der Waals surface area contributed by atoms with Gasteiger partial charge in [-0.3, -0.25) is 14.9 Å². The molecule has 0 saturated heterocycles. The smallest absolute Gasteiger partial charge is 0.287 e.